The van der Waals surface area contributed by atoms with Gasteiger partial charge in [0.05, 0.1) is 30.5 Å². The zero-order valence-corrected chi connectivity index (χ0v) is 15.8. The molecule has 1 aliphatic rings. The first-order chi connectivity index (χ1) is 12.9. The molecule has 4 N–H and O–H groups in total. The van der Waals surface area contributed by atoms with Crippen LogP contribution in [-0.4, -0.2) is 30.9 Å². The van der Waals surface area contributed by atoms with Crippen molar-refractivity contribution >= 4 is 45.1 Å². The molecule has 0 aromatic heterocycles. The van der Waals surface area contributed by atoms with Crippen LogP contribution in [0.4, 0.5) is 11.4 Å². The number of esters is 1. The number of nitrogens with two attached hydrogens (primary N) is 1. The summed E-state index contributed by atoms with van der Waals surface area (Å²) in [5, 5.41) is 5.11. The zero-order valence-electron chi connectivity index (χ0n) is 14.2. The largest absolute Gasteiger partial charge is 0.469 e. The van der Waals surface area contributed by atoms with E-state index in [4.69, 9.17) is 10.5 Å². The summed E-state index contributed by atoms with van der Waals surface area (Å²) in [5.74, 6) is -0.870. The second-order valence-corrected chi connectivity index (χ2v) is 6.70. The molecule has 1 aliphatic heterocycles. The smallest absolute Gasteiger partial charge is 0.308 e. The molecule has 9 heteroatoms. The number of carbonyl (C=O) groups is 3. The number of benzene rings is 2. The van der Waals surface area contributed by atoms with Crippen LogP contribution < -0.4 is 21.1 Å². The molecule has 0 fully saturated rings. The Morgan fingerprint density at radius 2 is 1.93 bits per heavy atom. The average Bonchev–Trinajstić information content (AvgIpc) is 2.74. The van der Waals surface area contributed by atoms with E-state index in [1.807, 2.05) is 0 Å². The van der Waals surface area contributed by atoms with Crippen molar-refractivity contribution in [3.8, 4) is 11.5 Å². The van der Waals surface area contributed by atoms with E-state index in [2.05, 4.69) is 31.3 Å². The minimum Gasteiger partial charge on any atom is -0.469 e. The molecule has 1 atom stereocenters. The number of nitrogens with one attached hydrogen (secondary N) is 2. The molecule has 0 saturated heterocycles. The second-order valence-electron chi connectivity index (χ2n) is 5.79. The van der Waals surface area contributed by atoms with Gasteiger partial charge in [-0.1, -0.05) is 15.9 Å². The zero-order chi connectivity index (χ0) is 19.6. The van der Waals surface area contributed by atoms with Gasteiger partial charge in [-0.15, -0.1) is 0 Å². The highest BCUT2D eigenvalue weighted by Gasteiger charge is 2.30. The Labute approximate surface area is 163 Å². The quantitative estimate of drug-likeness (QED) is 0.502. The lowest BCUT2D eigenvalue weighted by atomic mass is 10.1. The van der Waals surface area contributed by atoms with Crippen molar-refractivity contribution in [1.29, 1.82) is 0 Å². The molecule has 0 saturated carbocycles. The molecule has 0 radical (unpaired) electrons. The monoisotopic (exact) mass is 433 g/mol. The first-order valence-corrected chi connectivity index (χ1v) is 8.72. The maximum atomic E-state index is 12.5. The Kier molecular flexibility index (Phi) is 5.31. The number of amides is 2. The van der Waals surface area contributed by atoms with Crippen LogP contribution in [0.2, 0.25) is 0 Å². The van der Waals surface area contributed by atoms with Crippen molar-refractivity contribution in [1.82, 2.24) is 5.32 Å². The third-order valence-electron chi connectivity index (χ3n) is 3.91. The van der Waals surface area contributed by atoms with E-state index in [0.717, 1.165) is 4.47 Å². The minimum absolute atomic E-state index is 0.178. The van der Waals surface area contributed by atoms with Crippen LogP contribution in [-0.2, 0) is 14.3 Å². The van der Waals surface area contributed by atoms with Crippen molar-refractivity contribution < 1.29 is 23.9 Å². The van der Waals surface area contributed by atoms with Gasteiger partial charge in [0.2, 0.25) is 5.91 Å². The van der Waals surface area contributed by atoms with Gasteiger partial charge in [0.15, 0.2) is 5.75 Å². The third-order valence-corrected chi connectivity index (χ3v) is 4.44. The summed E-state index contributed by atoms with van der Waals surface area (Å²) in [6, 6.07) is 8.94. The van der Waals surface area contributed by atoms with Crippen LogP contribution >= 0.6 is 15.9 Å². The summed E-state index contributed by atoms with van der Waals surface area (Å²) in [6.07, 6.45) is -0.278. The van der Waals surface area contributed by atoms with Gasteiger partial charge in [-0.3, -0.25) is 14.4 Å². The lowest BCUT2D eigenvalue weighted by Gasteiger charge is -2.12. The minimum atomic E-state index is -1.05. The molecule has 0 spiro atoms. The van der Waals surface area contributed by atoms with E-state index in [-0.39, 0.29) is 29.1 Å². The van der Waals surface area contributed by atoms with Crippen molar-refractivity contribution in [2.45, 2.75) is 12.5 Å². The molecule has 0 aliphatic carbocycles. The Balaban J connectivity index is 1.89. The number of hydrogen-bond donors (Lipinski definition) is 3. The molecule has 3 rings (SSSR count). The molecule has 2 amide bonds. The highest BCUT2D eigenvalue weighted by Crippen LogP contribution is 2.34. The van der Waals surface area contributed by atoms with Crippen LogP contribution in [0.1, 0.15) is 16.8 Å². The van der Waals surface area contributed by atoms with E-state index < -0.39 is 23.8 Å². The Morgan fingerprint density at radius 1 is 1.22 bits per heavy atom. The topological polar surface area (TPSA) is 120 Å². The molecular formula is C18H16BrN3O5. The predicted molar refractivity (Wildman–Crippen MR) is 102 cm³/mol. The molecule has 8 nitrogen and oxygen atoms in total. The van der Waals surface area contributed by atoms with Crippen LogP contribution in [0.25, 0.3) is 0 Å². The highest BCUT2D eigenvalue weighted by atomic mass is 79.9. The summed E-state index contributed by atoms with van der Waals surface area (Å²) < 4.78 is 11.2. The molecule has 1 heterocycles. The lowest BCUT2D eigenvalue weighted by Crippen LogP contribution is -2.42. The van der Waals surface area contributed by atoms with Crippen LogP contribution in [0.3, 0.4) is 0 Å². The van der Waals surface area contributed by atoms with E-state index in [0.29, 0.717) is 5.75 Å². The van der Waals surface area contributed by atoms with Crippen molar-refractivity contribution in [2.24, 2.45) is 0 Å². The Morgan fingerprint density at radius 3 is 2.59 bits per heavy atom. The number of rotatable bonds is 4. The van der Waals surface area contributed by atoms with Gasteiger partial charge in [-0.2, -0.15) is 0 Å². The molecular weight excluding hydrogens is 418 g/mol. The van der Waals surface area contributed by atoms with Gasteiger partial charge in [-0.25, -0.2) is 0 Å². The second kappa shape index (κ2) is 7.67. The number of fused-ring (bicyclic) bond motifs is 1. The highest BCUT2D eigenvalue weighted by molar-refractivity contribution is 9.10. The Hall–Kier alpha value is -3.07. The maximum absolute atomic E-state index is 12.5. The van der Waals surface area contributed by atoms with Crippen LogP contribution in [0, 0.1) is 0 Å². The van der Waals surface area contributed by atoms with Crippen molar-refractivity contribution in [3.63, 3.8) is 0 Å². The first kappa shape index (κ1) is 18.7. The number of ether oxygens (including phenoxy) is 2. The van der Waals surface area contributed by atoms with Crippen molar-refractivity contribution in [3.05, 3.63) is 46.4 Å². The number of hydrogen-bond acceptors (Lipinski definition) is 6. The van der Waals surface area contributed by atoms with Gasteiger partial charge >= 0.3 is 5.97 Å². The fourth-order valence-electron chi connectivity index (χ4n) is 2.52. The lowest BCUT2D eigenvalue weighted by molar-refractivity contribution is -0.142. The van der Waals surface area contributed by atoms with Crippen molar-refractivity contribution in [2.75, 3.05) is 18.2 Å². The van der Waals surface area contributed by atoms with E-state index in [9.17, 15) is 14.4 Å². The van der Waals surface area contributed by atoms with Gasteiger partial charge < -0.3 is 25.8 Å². The molecule has 2 aromatic rings. The van der Waals surface area contributed by atoms with Gasteiger partial charge in [0.1, 0.15) is 11.8 Å². The van der Waals surface area contributed by atoms with Gasteiger partial charge in [-0.05, 0) is 36.4 Å². The predicted octanol–water partition coefficient (Wildman–Crippen LogP) is 2.44. The SMILES string of the molecule is COC(=O)C[C@@H]1NC(=O)c2cc(Oc3ccc(Br)cc3)c(N)cc2NC1=O. The van der Waals surface area contributed by atoms with E-state index in [1.165, 1.54) is 19.2 Å². The number of methoxy groups -OCH3 is 1. The normalized spacial score (nSPS) is 15.9. The average molecular weight is 434 g/mol. The molecule has 0 bridgehead atoms. The van der Waals surface area contributed by atoms with Crippen LogP contribution in [0.15, 0.2) is 40.9 Å². The standard InChI is InChI=1S/C18H16BrN3O5/c1-26-16(23)8-14-18(25)21-13-7-12(20)15(6-11(13)17(24)22-14)27-10-4-2-9(19)3-5-10/h2-7,14H,8,20H2,1H3,(H,21,25)(H,22,24)/t14-/m0/s1. The summed E-state index contributed by atoms with van der Waals surface area (Å²) in [4.78, 5) is 36.3. The number of carbonyl (C=O) groups excluding carboxylic acids is 3. The summed E-state index contributed by atoms with van der Waals surface area (Å²) in [6.45, 7) is 0. The van der Waals surface area contributed by atoms with Gasteiger partial charge in [0.25, 0.3) is 5.91 Å². The maximum Gasteiger partial charge on any atom is 0.308 e. The Bertz CT molecular complexity index is 914. The first-order valence-electron chi connectivity index (χ1n) is 7.93. The summed E-state index contributed by atoms with van der Waals surface area (Å²) in [5.41, 5.74) is 6.68. The molecule has 140 valence electrons. The fourth-order valence-corrected chi connectivity index (χ4v) is 2.79. The number of anilines is 2. The fraction of sp³-hybridized carbons (Fsp3) is 0.167. The molecule has 27 heavy (non-hydrogen) atoms. The summed E-state index contributed by atoms with van der Waals surface area (Å²) >= 11 is 3.34. The third kappa shape index (κ3) is 4.20. The van der Waals surface area contributed by atoms with E-state index in [1.54, 1.807) is 24.3 Å². The van der Waals surface area contributed by atoms with Gasteiger partial charge in [0, 0.05) is 4.47 Å². The number of halogens is 1. The molecule has 2 aromatic carbocycles. The number of nitrogen functional groups attached to an aromatic ring is 1. The van der Waals surface area contributed by atoms with E-state index >= 15 is 0 Å². The summed E-state index contributed by atoms with van der Waals surface area (Å²) in [7, 11) is 1.21. The van der Waals surface area contributed by atoms with Crippen LogP contribution in [0.5, 0.6) is 11.5 Å². The molecule has 0 unspecified atom stereocenters.